The van der Waals surface area contributed by atoms with Gasteiger partial charge in [0.15, 0.2) is 0 Å². The van der Waals surface area contributed by atoms with Gasteiger partial charge in [0.05, 0.1) is 7.11 Å². The van der Waals surface area contributed by atoms with Crippen molar-refractivity contribution in [1.82, 2.24) is 15.4 Å². The zero-order valence-corrected chi connectivity index (χ0v) is 14.7. The van der Waals surface area contributed by atoms with Gasteiger partial charge in [-0.15, -0.1) is 0 Å². The standard InChI is InChI=1S/C16H21N3O5S/c1-24-13-7-4-10(9-14(13)25(22,23)19-11-5-6-11)15(20)18-12-3-2-8-17-16(12)21/h4,7,9,11-12,19H,2-3,5-6,8H2,1H3,(H,17,21)(H,18,20)/t12-/m0/s1. The van der Waals surface area contributed by atoms with E-state index in [1.54, 1.807) is 0 Å². The topological polar surface area (TPSA) is 114 Å². The number of carbonyl (C=O) groups is 2. The van der Waals surface area contributed by atoms with Crippen LogP contribution in [-0.2, 0) is 14.8 Å². The summed E-state index contributed by atoms with van der Waals surface area (Å²) in [5, 5.41) is 5.34. The molecule has 1 aliphatic heterocycles. The summed E-state index contributed by atoms with van der Waals surface area (Å²) in [5.74, 6) is -0.552. The minimum atomic E-state index is -3.77. The molecule has 0 spiro atoms. The molecule has 9 heteroatoms. The Labute approximate surface area is 146 Å². The number of hydrogen-bond acceptors (Lipinski definition) is 5. The molecule has 3 rings (SSSR count). The van der Waals surface area contributed by atoms with Crippen LogP contribution in [0.15, 0.2) is 23.1 Å². The number of ether oxygens (including phenoxy) is 1. The van der Waals surface area contributed by atoms with Crippen LogP contribution in [0.2, 0.25) is 0 Å². The fourth-order valence-corrected chi connectivity index (χ4v) is 4.16. The molecule has 1 saturated carbocycles. The SMILES string of the molecule is COc1ccc(C(=O)N[C@H]2CCCNC2=O)cc1S(=O)(=O)NC1CC1. The summed E-state index contributed by atoms with van der Waals surface area (Å²) < 4.78 is 32.7. The normalized spacial score (nSPS) is 20.7. The molecule has 2 aliphatic rings. The van der Waals surface area contributed by atoms with Gasteiger partial charge in [-0.05, 0) is 43.9 Å². The van der Waals surface area contributed by atoms with Crippen LogP contribution < -0.4 is 20.1 Å². The van der Waals surface area contributed by atoms with Crippen LogP contribution in [0.3, 0.4) is 0 Å². The third-order valence-electron chi connectivity index (χ3n) is 4.21. The number of nitrogens with one attached hydrogen (secondary N) is 3. The second kappa shape index (κ2) is 7.01. The Bertz CT molecular complexity index is 789. The van der Waals surface area contributed by atoms with Crippen LogP contribution in [0.5, 0.6) is 5.75 Å². The Morgan fingerprint density at radius 1 is 1.28 bits per heavy atom. The molecular weight excluding hydrogens is 346 g/mol. The van der Waals surface area contributed by atoms with Crippen LogP contribution in [-0.4, -0.2) is 46.0 Å². The average Bonchev–Trinajstić information content (AvgIpc) is 3.39. The molecule has 1 saturated heterocycles. The first-order chi connectivity index (χ1) is 11.9. The molecule has 1 aromatic rings. The fourth-order valence-electron chi connectivity index (χ4n) is 2.66. The highest BCUT2D eigenvalue weighted by Gasteiger charge is 2.31. The van der Waals surface area contributed by atoms with Crippen LogP contribution in [0.1, 0.15) is 36.0 Å². The van der Waals surface area contributed by atoms with Crippen LogP contribution in [0.4, 0.5) is 0 Å². The molecule has 1 heterocycles. The maximum absolute atomic E-state index is 12.5. The summed E-state index contributed by atoms with van der Waals surface area (Å²) in [6.07, 6.45) is 2.95. The van der Waals surface area contributed by atoms with Gasteiger partial charge in [-0.3, -0.25) is 9.59 Å². The smallest absolute Gasteiger partial charge is 0.251 e. The third-order valence-corrected chi connectivity index (χ3v) is 5.75. The molecule has 0 radical (unpaired) electrons. The lowest BCUT2D eigenvalue weighted by Crippen LogP contribution is -2.50. The Morgan fingerprint density at radius 3 is 2.68 bits per heavy atom. The lowest BCUT2D eigenvalue weighted by molar-refractivity contribution is -0.124. The van der Waals surface area contributed by atoms with Crippen molar-refractivity contribution in [3.8, 4) is 5.75 Å². The van der Waals surface area contributed by atoms with Gasteiger partial charge in [0.1, 0.15) is 16.7 Å². The summed E-state index contributed by atoms with van der Waals surface area (Å²) in [6.45, 7) is 0.600. The molecule has 0 aromatic heterocycles. The summed E-state index contributed by atoms with van der Waals surface area (Å²) in [6, 6.07) is 3.54. The second-order valence-corrected chi connectivity index (χ2v) is 7.90. The van der Waals surface area contributed by atoms with Gasteiger partial charge < -0.3 is 15.4 Å². The number of rotatable bonds is 6. The predicted octanol–water partition coefficient (Wildman–Crippen LogP) is 0.144. The lowest BCUT2D eigenvalue weighted by Gasteiger charge is -2.23. The van der Waals surface area contributed by atoms with E-state index in [0.717, 1.165) is 19.3 Å². The first-order valence-electron chi connectivity index (χ1n) is 8.19. The zero-order chi connectivity index (χ0) is 18.0. The Morgan fingerprint density at radius 2 is 2.04 bits per heavy atom. The molecule has 1 atom stereocenters. The molecular formula is C16H21N3O5S. The Balaban J connectivity index is 1.83. The Hall–Kier alpha value is -2.13. The molecule has 2 fully saturated rings. The number of carbonyl (C=O) groups excluding carboxylic acids is 2. The van der Waals surface area contributed by atoms with Crippen molar-refractivity contribution in [3.05, 3.63) is 23.8 Å². The minimum absolute atomic E-state index is 0.0573. The third kappa shape index (κ3) is 4.10. The van der Waals surface area contributed by atoms with Crippen molar-refractivity contribution in [2.45, 2.75) is 42.7 Å². The monoisotopic (exact) mass is 367 g/mol. The van der Waals surface area contributed by atoms with Crippen LogP contribution >= 0.6 is 0 Å². The number of sulfonamides is 1. The zero-order valence-electron chi connectivity index (χ0n) is 13.9. The van der Waals surface area contributed by atoms with E-state index in [1.807, 2.05) is 0 Å². The highest BCUT2D eigenvalue weighted by molar-refractivity contribution is 7.89. The van der Waals surface area contributed by atoms with Crippen molar-refractivity contribution >= 4 is 21.8 Å². The van der Waals surface area contributed by atoms with Gasteiger partial charge in [-0.2, -0.15) is 0 Å². The van der Waals surface area contributed by atoms with Gasteiger partial charge in [0.25, 0.3) is 5.91 Å². The largest absolute Gasteiger partial charge is 0.495 e. The van der Waals surface area contributed by atoms with Gasteiger partial charge in [-0.1, -0.05) is 0 Å². The van der Waals surface area contributed by atoms with Gasteiger partial charge in [0.2, 0.25) is 15.9 Å². The van der Waals surface area contributed by atoms with Crippen molar-refractivity contribution in [2.24, 2.45) is 0 Å². The van der Waals surface area contributed by atoms with Crippen molar-refractivity contribution in [3.63, 3.8) is 0 Å². The number of hydrogen-bond donors (Lipinski definition) is 3. The number of benzene rings is 1. The molecule has 1 aliphatic carbocycles. The minimum Gasteiger partial charge on any atom is -0.495 e. The van der Waals surface area contributed by atoms with Crippen LogP contribution in [0.25, 0.3) is 0 Å². The number of piperidine rings is 1. The molecule has 0 bridgehead atoms. The van der Waals surface area contributed by atoms with E-state index in [1.165, 1.54) is 25.3 Å². The van der Waals surface area contributed by atoms with E-state index in [2.05, 4.69) is 15.4 Å². The summed E-state index contributed by atoms with van der Waals surface area (Å²) in [4.78, 5) is 24.1. The average molecular weight is 367 g/mol. The second-order valence-electron chi connectivity index (χ2n) is 6.22. The number of methoxy groups -OCH3 is 1. The predicted molar refractivity (Wildman–Crippen MR) is 89.8 cm³/mol. The summed E-state index contributed by atoms with van der Waals surface area (Å²) in [7, 11) is -2.40. The molecule has 8 nitrogen and oxygen atoms in total. The number of amides is 2. The molecule has 136 valence electrons. The van der Waals surface area contributed by atoms with E-state index >= 15 is 0 Å². The highest BCUT2D eigenvalue weighted by atomic mass is 32.2. The van der Waals surface area contributed by atoms with E-state index in [4.69, 9.17) is 4.74 Å². The lowest BCUT2D eigenvalue weighted by atomic mass is 10.1. The Kier molecular flexibility index (Phi) is 4.96. The maximum atomic E-state index is 12.5. The van der Waals surface area contributed by atoms with E-state index in [0.29, 0.717) is 13.0 Å². The molecule has 0 unspecified atom stereocenters. The molecule has 3 N–H and O–H groups in total. The molecule has 25 heavy (non-hydrogen) atoms. The fraction of sp³-hybridized carbons (Fsp3) is 0.500. The van der Waals surface area contributed by atoms with Gasteiger partial charge >= 0.3 is 0 Å². The highest BCUT2D eigenvalue weighted by Crippen LogP contribution is 2.28. The quantitative estimate of drug-likeness (QED) is 0.662. The summed E-state index contributed by atoms with van der Waals surface area (Å²) in [5.41, 5.74) is 0.162. The van der Waals surface area contributed by atoms with Crippen molar-refractivity contribution in [1.29, 1.82) is 0 Å². The van der Waals surface area contributed by atoms with Crippen LogP contribution in [0, 0.1) is 0 Å². The summed E-state index contributed by atoms with van der Waals surface area (Å²) >= 11 is 0. The van der Waals surface area contributed by atoms with Crippen molar-refractivity contribution < 1.29 is 22.7 Å². The maximum Gasteiger partial charge on any atom is 0.251 e. The van der Waals surface area contributed by atoms with Crippen molar-refractivity contribution in [2.75, 3.05) is 13.7 Å². The van der Waals surface area contributed by atoms with Gasteiger partial charge in [-0.25, -0.2) is 13.1 Å². The van der Waals surface area contributed by atoms with Gasteiger partial charge in [0, 0.05) is 18.2 Å². The van der Waals surface area contributed by atoms with E-state index in [9.17, 15) is 18.0 Å². The molecule has 2 amide bonds. The first kappa shape index (κ1) is 17.7. The van der Waals surface area contributed by atoms with E-state index < -0.39 is 22.0 Å². The van der Waals surface area contributed by atoms with E-state index in [-0.39, 0.29) is 28.2 Å². The molecule has 1 aromatic carbocycles. The first-order valence-corrected chi connectivity index (χ1v) is 9.68.